The molecule has 1 aliphatic heterocycles. The lowest BCUT2D eigenvalue weighted by atomic mass is 10.2. The van der Waals surface area contributed by atoms with Crippen LogP contribution in [0.1, 0.15) is 19.3 Å². The number of carbonyl (C=O) groups is 1. The van der Waals surface area contributed by atoms with Crippen LogP contribution in [0, 0.1) is 10.1 Å². The van der Waals surface area contributed by atoms with E-state index >= 15 is 0 Å². The van der Waals surface area contributed by atoms with E-state index in [1.807, 2.05) is 11.8 Å². The second kappa shape index (κ2) is 6.55. The number of nitrogens with one attached hydrogen (secondary N) is 1. The topological polar surface area (TPSA) is 90.1 Å². The van der Waals surface area contributed by atoms with Crippen molar-refractivity contribution in [3.8, 4) is 0 Å². The van der Waals surface area contributed by atoms with Crippen LogP contribution in [0.3, 0.4) is 0 Å². The average molecular weight is 284 g/mol. The second-order valence-electron chi connectivity index (χ2n) is 4.41. The fraction of sp³-hybridized carbons (Fsp3) is 0.636. The van der Waals surface area contributed by atoms with Crippen LogP contribution in [0.2, 0.25) is 0 Å². The first-order chi connectivity index (χ1) is 9.15. The van der Waals surface area contributed by atoms with Crippen LogP contribution in [-0.4, -0.2) is 38.2 Å². The molecule has 1 aromatic heterocycles. The minimum atomic E-state index is -0.499. The normalized spacial score (nSPS) is 18.4. The summed E-state index contributed by atoms with van der Waals surface area (Å²) in [6.07, 6.45) is 5.20. The van der Waals surface area contributed by atoms with Gasteiger partial charge in [0, 0.05) is 24.8 Å². The zero-order valence-electron chi connectivity index (χ0n) is 10.4. The Morgan fingerprint density at radius 1 is 1.68 bits per heavy atom. The Kier molecular flexibility index (Phi) is 4.78. The maximum Gasteiger partial charge on any atom is 0.306 e. The number of carbonyl (C=O) groups excluding carboxylic acids is 1. The third kappa shape index (κ3) is 4.23. The summed E-state index contributed by atoms with van der Waals surface area (Å²) < 4.78 is 1.42. The Morgan fingerprint density at radius 3 is 3.16 bits per heavy atom. The highest BCUT2D eigenvalue weighted by Gasteiger charge is 2.16. The Hall–Kier alpha value is -1.57. The molecule has 1 unspecified atom stereocenters. The smallest absolute Gasteiger partial charge is 0.306 e. The van der Waals surface area contributed by atoms with Gasteiger partial charge in [-0.2, -0.15) is 16.9 Å². The first-order valence-corrected chi connectivity index (χ1v) is 7.25. The molecule has 0 aromatic carbocycles. The molecule has 1 aromatic rings. The Labute approximate surface area is 114 Å². The number of amides is 1. The number of thioether (sulfide) groups is 1. The zero-order chi connectivity index (χ0) is 13.7. The fourth-order valence-corrected chi connectivity index (χ4v) is 3.11. The van der Waals surface area contributed by atoms with E-state index in [0.29, 0.717) is 18.3 Å². The van der Waals surface area contributed by atoms with Gasteiger partial charge in [0.15, 0.2) is 0 Å². The molecule has 8 heteroatoms. The summed E-state index contributed by atoms with van der Waals surface area (Å²) in [6.45, 7) is 1.07. The summed E-state index contributed by atoms with van der Waals surface area (Å²) in [6, 6.07) is 0. The van der Waals surface area contributed by atoms with Gasteiger partial charge >= 0.3 is 5.69 Å². The predicted octanol–water partition coefficient (Wildman–Crippen LogP) is 1.19. The summed E-state index contributed by atoms with van der Waals surface area (Å²) >= 11 is 1.90. The molecule has 1 N–H and O–H groups in total. The van der Waals surface area contributed by atoms with Gasteiger partial charge in [-0.15, -0.1) is 0 Å². The van der Waals surface area contributed by atoms with Crippen LogP contribution in [-0.2, 0) is 11.3 Å². The highest BCUT2D eigenvalue weighted by atomic mass is 32.2. The first-order valence-electron chi connectivity index (χ1n) is 6.20. The summed E-state index contributed by atoms with van der Waals surface area (Å²) in [5, 5.41) is 17.7. The van der Waals surface area contributed by atoms with Crippen molar-refractivity contribution in [2.75, 3.05) is 12.3 Å². The largest absolute Gasteiger partial charge is 0.355 e. The van der Waals surface area contributed by atoms with Crippen molar-refractivity contribution >= 4 is 23.4 Å². The van der Waals surface area contributed by atoms with Gasteiger partial charge in [-0.1, -0.05) is 0 Å². The van der Waals surface area contributed by atoms with Crippen LogP contribution in [0.5, 0.6) is 0 Å². The van der Waals surface area contributed by atoms with E-state index in [1.165, 1.54) is 29.2 Å². The van der Waals surface area contributed by atoms with Gasteiger partial charge in [0.25, 0.3) is 0 Å². The molecule has 1 saturated heterocycles. The molecule has 7 nitrogen and oxygen atoms in total. The standard InChI is InChI=1S/C11H16N4O3S/c16-11(12-7-10-2-1-5-19-10)3-4-14-8-9(6-13-14)15(17)18/h6,8,10H,1-5,7H2,(H,12,16). The van der Waals surface area contributed by atoms with Gasteiger partial charge < -0.3 is 5.32 Å². The quantitative estimate of drug-likeness (QED) is 0.626. The molecule has 2 heterocycles. The van der Waals surface area contributed by atoms with Gasteiger partial charge in [0.1, 0.15) is 12.4 Å². The van der Waals surface area contributed by atoms with Gasteiger partial charge in [0.05, 0.1) is 4.92 Å². The number of nitro groups is 1. The molecular formula is C11H16N4O3S. The Morgan fingerprint density at radius 2 is 2.53 bits per heavy atom. The third-order valence-corrected chi connectivity index (χ3v) is 4.35. The summed E-state index contributed by atoms with van der Waals surface area (Å²) in [4.78, 5) is 21.6. The number of hydrogen-bond acceptors (Lipinski definition) is 5. The lowest BCUT2D eigenvalue weighted by Gasteiger charge is -2.09. The van der Waals surface area contributed by atoms with Crippen LogP contribution < -0.4 is 5.32 Å². The Balaban J connectivity index is 1.68. The number of rotatable bonds is 6. The van der Waals surface area contributed by atoms with E-state index < -0.39 is 4.92 Å². The zero-order valence-corrected chi connectivity index (χ0v) is 11.3. The van der Waals surface area contributed by atoms with Crippen molar-refractivity contribution in [2.45, 2.75) is 31.1 Å². The molecule has 104 valence electrons. The Bertz CT molecular complexity index is 457. The molecule has 0 spiro atoms. The molecule has 1 aliphatic rings. The fourth-order valence-electron chi connectivity index (χ4n) is 1.91. The summed E-state index contributed by atoms with van der Waals surface area (Å²) in [5.74, 6) is 1.14. The van der Waals surface area contributed by atoms with E-state index in [1.54, 1.807) is 0 Å². The number of aromatic nitrogens is 2. The molecule has 0 radical (unpaired) electrons. The second-order valence-corrected chi connectivity index (χ2v) is 5.82. The number of hydrogen-bond donors (Lipinski definition) is 1. The molecule has 1 fully saturated rings. The van der Waals surface area contributed by atoms with E-state index in [4.69, 9.17) is 0 Å². The van der Waals surface area contributed by atoms with Crippen molar-refractivity contribution in [1.29, 1.82) is 0 Å². The summed E-state index contributed by atoms with van der Waals surface area (Å²) in [7, 11) is 0. The van der Waals surface area contributed by atoms with Crippen LogP contribution >= 0.6 is 11.8 Å². The first kappa shape index (κ1) is 13.9. The summed E-state index contributed by atoms with van der Waals surface area (Å²) in [5.41, 5.74) is -0.0530. The average Bonchev–Trinajstić information content (AvgIpc) is 3.05. The van der Waals surface area contributed by atoms with Gasteiger partial charge in [-0.05, 0) is 18.6 Å². The third-order valence-electron chi connectivity index (χ3n) is 2.95. The van der Waals surface area contributed by atoms with E-state index in [0.717, 1.165) is 6.42 Å². The molecular weight excluding hydrogens is 268 g/mol. The van der Waals surface area contributed by atoms with Crippen molar-refractivity contribution in [1.82, 2.24) is 15.1 Å². The lowest BCUT2D eigenvalue weighted by Crippen LogP contribution is -2.30. The minimum absolute atomic E-state index is 0.0364. The molecule has 0 aliphatic carbocycles. The highest BCUT2D eigenvalue weighted by molar-refractivity contribution is 8.00. The lowest BCUT2D eigenvalue weighted by molar-refractivity contribution is -0.385. The van der Waals surface area contributed by atoms with Gasteiger partial charge in [-0.3, -0.25) is 19.6 Å². The SMILES string of the molecule is O=C(CCn1cc([N+](=O)[O-])cn1)NCC1CCCS1. The maximum absolute atomic E-state index is 11.6. The molecule has 1 atom stereocenters. The van der Waals surface area contributed by atoms with E-state index in [-0.39, 0.29) is 18.0 Å². The van der Waals surface area contributed by atoms with Crippen LogP contribution in [0.4, 0.5) is 5.69 Å². The van der Waals surface area contributed by atoms with Crippen molar-refractivity contribution < 1.29 is 9.72 Å². The maximum atomic E-state index is 11.6. The predicted molar refractivity (Wildman–Crippen MR) is 72.0 cm³/mol. The van der Waals surface area contributed by atoms with Crippen molar-refractivity contribution in [2.24, 2.45) is 0 Å². The van der Waals surface area contributed by atoms with Gasteiger partial charge in [-0.25, -0.2) is 0 Å². The minimum Gasteiger partial charge on any atom is -0.355 e. The molecule has 0 bridgehead atoms. The van der Waals surface area contributed by atoms with Crippen LogP contribution in [0.25, 0.3) is 0 Å². The number of nitrogens with zero attached hydrogens (tertiary/aromatic N) is 3. The highest BCUT2D eigenvalue weighted by Crippen LogP contribution is 2.25. The molecule has 0 saturated carbocycles. The van der Waals surface area contributed by atoms with E-state index in [2.05, 4.69) is 10.4 Å². The van der Waals surface area contributed by atoms with Gasteiger partial charge in [0.2, 0.25) is 5.91 Å². The monoisotopic (exact) mass is 284 g/mol. The molecule has 19 heavy (non-hydrogen) atoms. The number of aryl methyl sites for hydroxylation is 1. The molecule has 2 rings (SSSR count). The van der Waals surface area contributed by atoms with Crippen LogP contribution in [0.15, 0.2) is 12.4 Å². The van der Waals surface area contributed by atoms with E-state index in [9.17, 15) is 14.9 Å². The van der Waals surface area contributed by atoms with Crippen molar-refractivity contribution in [3.05, 3.63) is 22.5 Å². The van der Waals surface area contributed by atoms with Crippen molar-refractivity contribution in [3.63, 3.8) is 0 Å². The molecule has 1 amide bonds.